The molecule has 0 aromatic heterocycles. The van der Waals surface area contributed by atoms with E-state index in [4.69, 9.17) is 0 Å². The highest BCUT2D eigenvalue weighted by molar-refractivity contribution is 4.86. The highest BCUT2D eigenvalue weighted by Crippen LogP contribution is 2.47. The van der Waals surface area contributed by atoms with Crippen molar-refractivity contribution in [3.05, 3.63) is 0 Å². The van der Waals surface area contributed by atoms with Gasteiger partial charge in [-0.2, -0.15) is 0 Å². The number of halogens is 1. The minimum absolute atomic E-state index is 0.145. The monoisotopic (exact) mass is 214 g/mol. The van der Waals surface area contributed by atoms with Crippen LogP contribution in [0.3, 0.4) is 0 Å². The molecule has 1 unspecified atom stereocenters. The van der Waals surface area contributed by atoms with E-state index in [-0.39, 0.29) is 6.67 Å². The van der Waals surface area contributed by atoms with Gasteiger partial charge < -0.3 is 0 Å². The van der Waals surface area contributed by atoms with E-state index in [9.17, 15) is 4.39 Å². The third kappa shape index (κ3) is 3.46. The number of alkyl halides is 1. The highest BCUT2D eigenvalue weighted by Gasteiger charge is 2.35. The first kappa shape index (κ1) is 13.0. The zero-order chi connectivity index (χ0) is 11.3. The van der Waals surface area contributed by atoms with E-state index in [1.165, 1.54) is 38.5 Å². The van der Waals surface area contributed by atoms with Gasteiger partial charge in [0, 0.05) is 0 Å². The van der Waals surface area contributed by atoms with Gasteiger partial charge in [-0.1, -0.05) is 40.0 Å². The van der Waals surface area contributed by atoms with Crippen LogP contribution in [-0.2, 0) is 0 Å². The molecule has 15 heavy (non-hydrogen) atoms. The fraction of sp³-hybridized carbons (Fsp3) is 1.00. The summed E-state index contributed by atoms with van der Waals surface area (Å²) in [5.41, 5.74) is 0.544. The summed E-state index contributed by atoms with van der Waals surface area (Å²) >= 11 is 0. The summed E-state index contributed by atoms with van der Waals surface area (Å²) < 4.78 is 12.2. The molecule has 0 bridgehead atoms. The van der Waals surface area contributed by atoms with E-state index in [1.54, 1.807) is 0 Å². The Labute approximate surface area is 94.6 Å². The van der Waals surface area contributed by atoms with Crippen molar-refractivity contribution in [2.45, 2.75) is 65.7 Å². The molecule has 0 amide bonds. The SMILES string of the molecule is CCC(C)(CC[C@@H](C)CCF)C1CCC1. The summed E-state index contributed by atoms with van der Waals surface area (Å²) in [5.74, 6) is 1.53. The number of rotatable bonds is 7. The maximum absolute atomic E-state index is 12.2. The van der Waals surface area contributed by atoms with Crippen LogP contribution in [0.4, 0.5) is 4.39 Å². The Morgan fingerprint density at radius 1 is 1.33 bits per heavy atom. The van der Waals surface area contributed by atoms with Crippen LogP contribution >= 0.6 is 0 Å². The molecule has 0 heterocycles. The molecule has 1 aliphatic rings. The van der Waals surface area contributed by atoms with Crippen molar-refractivity contribution in [2.75, 3.05) is 6.67 Å². The summed E-state index contributed by atoms with van der Waals surface area (Å²) in [6.07, 6.45) is 8.86. The van der Waals surface area contributed by atoms with Crippen LogP contribution < -0.4 is 0 Å². The highest BCUT2D eigenvalue weighted by atomic mass is 19.1. The van der Waals surface area contributed by atoms with Crippen LogP contribution in [0.25, 0.3) is 0 Å². The molecule has 1 fully saturated rings. The van der Waals surface area contributed by atoms with Crippen LogP contribution in [0, 0.1) is 17.3 Å². The molecule has 0 nitrogen and oxygen atoms in total. The molecular weight excluding hydrogens is 187 g/mol. The van der Waals surface area contributed by atoms with Crippen LogP contribution in [0.15, 0.2) is 0 Å². The van der Waals surface area contributed by atoms with Crippen LogP contribution in [-0.4, -0.2) is 6.67 Å². The first-order valence-electron chi connectivity index (χ1n) is 6.68. The van der Waals surface area contributed by atoms with Gasteiger partial charge in [-0.05, 0) is 42.9 Å². The number of hydrogen-bond donors (Lipinski definition) is 0. The van der Waals surface area contributed by atoms with Crippen molar-refractivity contribution >= 4 is 0 Å². The van der Waals surface area contributed by atoms with Crippen LogP contribution in [0.5, 0.6) is 0 Å². The third-order valence-electron chi connectivity index (χ3n) is 4.71. The lowest BCUT2D eigenvalue weighted by molar-refractivity contribution is 0.0787. The van der Waals surface area contributed by atoms with Gasteiger partial charge in [-0.25, -0.2) is 0 Å². The number of hydrogen-bond acceptors (Lipinski definition) is 0. The minimum Gasteiger partial charge on any atom is -0.251 e. The summed E-state index contributed by atoms with van der Waals surface area (Å²) in [6.45, 7) is 6.81. The molecular formula is C14H27F. The minimum atomic E-state index is -0.145. The average Bonchev–Trinajstić information content (AvgIpc) is 2.13. The Bertz CT molecular complexity index is 174. The zero-order valence-electron chi connectivity index (χ0n) is 10.7. The molecule has 1 saturated carbocycles. The molecule has 0 saturated heterocycles. The van der Waals surface area contributed by atoms with E-state index in [0.717, 1.165) is 12.3 Å². The smallest absolute Gasteiger partial charge is 0.0897 e. The van der Waals surface area contributed by atoms with Gasteiger partial charge >= 0.3 is 0 Å². The summed E-state index contributed by atoms with van der Waals surface area (Å²) in [4.78, 5) is 0. The Hall–Kier alpha value is -0.0700. The average molecular weight is 214 g/mol. The summed E-state index contributed by atoms with van der Waals surface area (Å²) in [5, 5.41) is 0. The van der Waals surface area contributed by atoms with Crippen molar-refractivity contribution in [2.24, 2.45) is 17.3 Å². The molecule has 0 aromatic carbocycles. The Balaban J connectivity index is 2.31. The van der Waals surface area contributed by atoms with Gasteiger partial charge in [0.25, 0.3) is 0 Å². The summed E-state index contributed by atoms with van der Waals surface area (Å²) in [6, 6.07) is 0. The maximum atomic E-state index is 12.2. The molecule has 0 aromatic rings. The zero-order valence-corrected chi connectivity index (χ0v) is 10.7. The standard InChI is InChI=1S/C14H27F/c1-4-14(3,13-6-5-7-13)10-8-12(2)9-11-15/h12-13H,4-11H2,1-3H3/t12-,14?/m1/s1. The van der Waals surface area contributed by atoms with Crippen molar-refractivity contribution in [3.8, 4) is 0 Å². The van der Waals surface area contributed by atoms with Gasteiger partial charge in [0.1, 0.15) is 0 Å². The molecule has 0 spiro atoms. The maximum Gasteiger partial charge on any atom is 0.0897 e. The van der Waals surface area contributed by atoms with Crippen molar-refractivity contribution < 1.29 is 4.39 Å². The van der Waals surface area contributed by atoms with E-state index in [2.05, 4.69) is 20.8 Å². The van der Waals surface area contributed by atoms with E-state index >= 15 is 0 Å². The Morgan fingerprint density at radius 2 is 2.00 bits per heavy atom. The predicted octanol–water partition coefficient (Wildman–Crippen LogP) is 4.98. The fourth-order valence-electron chi connectivity index (χ4n) is 2.68. The van der Waals surface area contributed by atoms with Gasteiger partial charge in [0.2, 0.25) is 0 Å². The normalized spacial score (nSPS) is 23.2. The van der Waals surface area contributed by atoms with Crippen molar-refractivity contribution in [1.29, 1.82) is 0 Å². The van der Waals surface area contributed by atoms with Crippen LogP contribution in [0.1, 0.15) is 65.7 Å². The second-order valence-electron chi connectivity index (χ2n) is 5.76. The molecule has 1 rings (SSSR count). The van der Waals surface area contributed by atoms with Gasteiger partial charge in [0.05, 0.1) is 6.67 Å². The molecule has 0 N–H and O–H groups in total. The molecule has 1 aliphatic carbocycles. The predicted molar refractivity (Wildman–Crippen MR) is 64.7 cm³/mol. The molecule has 90 valence electrons. The first-order valence-corrected chi connectivity index (χ1v) is 6.68. The van der Waals surface area contributed by atoms with E-state index in [1.807, 2.05) is 0 Å². The summed E-state index contributed by atoms with van der Waals surface area (Å²) in [7, 11) is 0. The molecule has 1 heteroatoms. The lowest BCUT2D eigenvalue weighted by Gasteiger charge is -2.43. The largest absolute Gasteiger partial charge is 0.251 e. The first-order chi connectivity index (χ1) is 7.12. The van der Waals surface area contributed by atoms with Gasteiger partial charge in [-0.15, -0.1) is 0 Å². The van der Waals surface area contributed by atoms with Gasteiger partial charge in [-0.3, -0.25) is 4.39 Å². The fourth-order valence-corrected chi connectivity index (χ4v) is 2.68. The van der Waals surface area contributed by atoms with Crippen LogP contribution in [0.2, 0.25) is 0 Å². The molecule has 2 atom stereocenters. The lowest BCUT2D eigenvalue weighted by atomic mass is 9.62. The van der Waals surface area contributed by atoms with E-state index in [0.29, 0.717) is 11.3 Å². The second-order valence-corrected chi connectivity index (χ2v) is 5.76. The Morgan fingerprint density at radius 3 is 2.40 bits per heavy atom. The topological polar surface area (TPSA) is 0 Å². The molecule has 0 aliphatic heterocycles. The third-order valence-corrected chi connectivity index (χ3v) is 4.71. The molecule has 0 radical (unpaired) electrons. The van der Waals surface area contributed by atoms with Gasteiger partial charge in [0.15, 0.2) is 0 Å². The second kappa shape index (κ2) is 5.86. The van der Waals surface area contributed by atoms with E-state index < -0.39 is 0 Å². The van der Waals surface area contributed by atoms with Crippen molar-refractivity contribution in [3.63, 3.8) is 0 Å². The Kier molecular flexibility index (Phi) is 5.08. The van der Waals surface area contributed by atoms with Crippen molar-refractivity contribution in [1.82, 2.24) is 0 Å². The lowest BCUT2D eigenvalue weighted by Crippen LogP contribution is -2.32. The quantitative estimate of drug-likeness (QED) is 0.560.